The van der Waals surface area contributed by atoms with Crippen molar-refractivity contribution in [2.45, 2.75) is 18.0 Å². The number of nitrogens with zero attached hydrogens (tertiary/aromatic N) is 1. The number of anilines is 1. The average molecular weight is 472 g/mol. The molecule has 5 heteroatoms. The highest BCUT2D eigenvalue weighted by Gasteiger charge is 2.72. The van der Waals surface area contributed by atoms with E-state index >= 15 is 0 Å². The molecule has 4 aromatic rings. The predicted octanol–water partition coefficient (Wildman–Crippen LogP) is 5.60. The number of carbonyl (C=O) groups is 3. The Kier molecular flexibility index (Phi) is 4.33. The number of benzene rings is 3. The number of furan rings is 1. The summed E-state index contributed by atoms with van der Waals surface area (Å²) in [4.78, 5) is 45.0. The highest BCUT2D eigenvalue weighted by atomic mass is 16.3. The smallest absolute Gasteiger partial charge is 0.186 e. The van der Waals surface area contributed by atoms with Gasteiger partial charge in [-0.25, -0.2) is 0 Å². The molecule has 1 spiro atoms. The second-order valence-electron chi connectivity index (χ2n) is 9.51. The minimum Gasteiger partial charge on any atom is -0.469 e. The van der Waals surface area contributed by atoms with Crippen molar-refractivity contribution in [3.05, 3.63) is 131 Å². The Bertz CT molecular complexity index is 1530. The third kappa shape index (κ3) is 2.52. The molecule has 0 bridgehead atoms. The third-order valence-electron chi connectivity index (χ3n) is 7.89. The van der Waals surface area contributed by atoms with Crippen LogP contribution < -0.4 is 4.90 Å². The lowest BCUT2D eigenvalue weighted by molar-refractivity contribution is 0.0652. The van der Waals surface area contributed by atoms with Crippen LogP contribution in [0.1, 0.15) is 48.3 Å². The van der Waals surface area contributed by atoms with Gasteiger partial charge in [-0.3, -0.25) is 14.4 Å². The van der Waals surface area contributed by atoms with Gasteiger partial charge in [-0.1, -0.05) is 84.9 Å². The highest BCUT2D eigenvalue weighted by molar-refractivity contribution is 6.32. The van der Waals surface area contributed by atoms with Crippen LogP contribution in [0, 0.1) is 5.41 Å². The SMILES string of the molecule is O=C(c1ccccc1)[C@H]1[C@H](c2ccco2)C2(C(=O)c3ccccc3C2=O)[C@H]2C=Cc3ccccc3N12. The molecule has 1 aromatic heterocycles. The van der Waals surface area contributed by atoms with E-state index in [1.807, 2.05) is 59.5 Å². The molecule has 0 amide bonds. The molecule has 3 heterocycles. The van der Waals surface area contributed by atoms with E-state index in [2.05, 4.69) is 0 Å². The van der Waals surface area contributed by atoms with Crippen LogP contribution in [-0.4, -0.2) is 29.4 Å². The number of hydrogen-bond acceptors (Lipinski definition) is 5. The van der Waals surface area contributed by atoms with Gasteiger partial charge in [-0.2, -0.15) is 0 Å². The first kappa shape index (κ1) is 20.8. The standard InChI is InChI=1S/C31H21NO4/c33-28(20-10-2-1-3-11-20)27-26(24-15-8-18-36-24)31(29(34)21-12-5-6-13-22(21)30(31)35)25-17-16-19-9-4-7-14-23(19)32(25)27/h1-18,25-27H/t25-,26+,27-/m1/s1. The van der Waals surface area contributed by atoms with Gasteiger partial charge in [-0.15, -0.1) is 0 Å². The van der Waals surface area contributed by atoms with Gasteiger partial charge >= 0.3 is 0 Å². The number of fused-ring (bicyclic) bond motifs is 5. The topological polar surface area (TPSA) is 67.6 Å². The summed E-state index contributed by atoms with van der Waals surface area (Å²) in [6, 6.07) is 25.9. The van der Waals surface area contributed by atoms with Crippen LogP contribution in [0.15, 0.2) is 108 Å². The van der Waals surface area contributed by atoms with Crippen molar-refractivity contribution in [2.75, 3.05) is 4.90 Å². The monoisotopic (exact) mass is 471 g/mol. The van der Waals surface area contributed by atoms with Gasteiger partial charge in [0.1, 0.15) is 17.2 Å². The Labute approximate surface area is 207 Å². The lowest BCUT2D eigenvalue weighted by Gasteiger charge is -2.37. The van der Waals surface area contributed by atoms with Crippen molar-refractivity contribution >= 4 is 29.1 Å². The summed E-state index contributed by atoms with van der Waals surface area (Å²) < 4.78 is 5.90. The predicted molar refractivity (Wildman–Crippen MR) is 135 cm³/mol. The van der Waals surface area contributed by atoms with Crippen molar-refractivity contribution in [3.8, 4) is 0 Å². The molecule has 1 fully saturated rings. The first-order valence-electron chi connectivity index (χ1n) is 12.0. The Morgan fingerprint density at radius 2 is 1.44 bits per heavy atom. The van der Waals surface area contributed by atoms with Gasteiger partial charge in [0.05, 0.1) is 18.2 Å². The number of Topliss-reactive ketones (excluding diaryl/α,β-unsaturated/α-hetero) is 3. The summed E-state index contributed by atoms with van der Waals surface area (Å²) in [5, 5.41) is 0. The number of para-hydroxylation sites is 1. The van der Waals surface area contributed by atoms with Crippen molar-refractivity contribution in [1.82, 2.24) is 0 Å². The maximum Gasteiger partial charge on any atom is 0.186 e. The molecule has 0 unspecified atom stereocenters. The van der Waals surface area contributed by atoms with Crippen molar-refractivity contribution < 1.29 is 18.8 Å². The summed E-state index contributed by atoms with van der Waals surface area (Å²) in [6.07, 6.45) is 5.40. The van der Waals surface area contributed by atoms with Crippen LogP contribution in [0.5, 0.6) is 0 Å². The summed E-state index contributed by atoms with van der Waals surface area (Å²) in [6.45, 7) is 0. The van der Waals surface area contributed by atoms with E-state index in [1.54, 1.807) is 48.5 Å². The van der Waals surface area contributed by atoms with Crippen LogP contribution in [0.25, 0.3) is 6.08 Å². The Balaban J connectivity index is 1.55. The molecule has 0 radical (unpaired) electrons. The quantitative estimate of drug-likeness (QED) is 0.288. The number of ketones is 3. The summed E-state index contributed by atoms with van der Waals surface area (Å²) in [7, 11) is 0. The van der Waals surface area contributed by atoms with Gasteiger partial charge in [0.15, 0.2) is 17.3 Å². The van der Waals surface area contributed by atoms with E-state index in [-0.39, 0.29) is 17.3 Å². The number of carbonyl (C=O) groups excluding carboxylic acids is 3. The highest BCUT2D eigenvalue weighted by Crippen LogP contribution is 2.60. The van der Waals surface area contributed by atoms with Gasteiger partial charge in [0, 0.05) is 22.4 Å². The zero-order valence-electron chi connectivity index (χ0n) is 19.2. The lowest BCUT2D eigenvalue weighted by Crippen LogP contribution is -2.48. The van der Waals surface area contributed by atoms with E-state index in [4.69, 9.17) is 4.42 Å². The Morgan fingerprint density at radius 1 is 0.778 bits per heavy atom. The second kappa shape index (κ2) is 7.49. The van der Waals surface area contributed by atoms with E-state index in [0.29, 0.717) is 22.5 Å². The molecular formula is C31H21NO4. The molecular weight excluding hydrogens is 450 g/mol. The summed E-state index contributed by atoms with van der Waals surface area (Å²) >= 11 is 0. The molecule has 1 aliphatic carbocycles. The normalized spacial score (nSPS) is 23.0. The van der Waals surface area contributed by atoms with E-state index in [1.165, 1.54) is 6.26 Å². The molecule has 5 nitrogen and oxygen atoms in total. The van der Waals surface area contributed by atoms with Gasteiger partial charge in [0.2, 0.25) is 0 Å². The third-order valence-corrected chi connectivity index (χ3v) is 7.89. The molecule has 174 valence electrons. The second-order valence-corrected chi connectivity index (χ2v) is 9.51. The fourth-order valence-corrected chi connectivity index (χ4v) is 6.47. The molecule has 3 aliphatic rings. The Morgan fingerprint density at radius 3 is 2.14 bits per heavy atom. The molecule has 0 saturated carbocycles. The van der Waals surface area contributed by atoms with Gasteiger partial charge < -0.3 is 9.32 Å². The maximum atomic E-state index is 14.4. The van der Waals surface area contributed by atoms with Crippen LogP contribution in [0.3, 0.4) is 0 Å². The van der Waals surface area contributed by atoms with E-state index in [0.717, 1.165) is 11.3 Å². The van der Waals surface area contributed by atoms with Gasteiger partial charge in [-0.05, 0) is 23.8 Å². The largest absolute Gasteiger partial charge is 0.469 e. The van der Waals surface area contributed by atoms with Crippen LogP contribution in [-0.2, 0) is 0 Å². The fourth-order valence-electron chi connectivity index (χ4n) is 6.47. The number of rotatable bonds is 3. The minimum absolute atomic E-state index is 0.152. The van der Waals surface area contributed by atoms with Crippen LogP contribution in [0.4, 0.5) is 5.69 Å². The first-order chi connectivity index (χ1) is 17.6. The van der Waals surface area contributed by atoms with Crippen molar-refractivity contribution in [1.29, 1.82) is 0 Å². The molecule has 3 atom stereocenters. The molecule has 7 rings (SSSR count). The number of hydrogen-bond donors (Lipinski definition) is 0. The molecule has 1 saturated heterocycles. The Hall–Kier alpha value is -4.51. The van der Waals surface area contributed by atoms with Crippen molar-refractivity contribution in [2.24, 2.45) is 5.41 Å². The van der Waals surface area contributed by atoms with Crippen LogP contribution in [0.2, 0.25) is 0 Å². The zero-order valence-corrected chi connectivity index (χ0v) is 19.2. The van der Waals surface area contributed by atoms with E-state index in [9.17, 15) is 14.4 Å². The minimum atomic E-state index is -1.53. The first-order valence-corrected chi connectivity index (χ1v) is 12.0. The summed E-state index contributed by atoms with van der Waals surface area (Å²) in [5.74, 6) is -1.02. The summed E-state index contributed by atoms with van der Waals surface area (Å²) in [5.41, 5.74) is 1.56. The fraction of sp³-hybridized carbons (Fsp3) is 0.129. The maximum absolute atomic E-state index is 14.4. The van der Waals surface area contributed by atoms with E-state index < -0.39 is 23.4 Å². The molecule has 3 aromatic carbocycles. The molecule has 2 aliphatic heterocycles. The molecule has 0 N–H and O–H groups in total. The lowest BCUT2D eigenvalue weighted by atomic mass is 9.65. The zero-order chi connectivity index (χ0) is 24.4. The average Bonchev–Trinajstić information content (AvgIpc) is 3.62. The van der Waals surface area contributed by atoms with Gasteiger partial charge in [0.25, 0.3) is 0 Å². The van der Waals surface area contributed by atoms with Crippen LogP contribution >= 0.6 is 0 Å². The van der Waals surface area contributed by atoms with Crippen molar-refractivity contribution in [3.63, 3.8) is 0 Å². The molecule has 36 heavy (non-hydrogen) atoms.